The van der Waals surface area contributed by atoms with E-state index < -0.39 is 0 Å². The lowest BCUT2D eigenvalue weighted by Gasteiger charge is -2.36. The van der Waals surface area contributed by atoms with Crippen LogP contribution in [0.1, 0.15) is 24.4 Å². The van der Waals surface area contributed by atoms with Gasteiger partial charge < -0.3 is 19.9 Å². The van der Waals surface area contributed by atoms with Gasteiger partial charge in [0.15, 0.2) is 0 Å². The average Bonchev–Trinajstić information content (AvgIpc) is 3.28. The van der Waals surface area contributed by atoms with Crippen LogP contribution < -0.4 is 10.1 Å². The predicted octanol–water partition coefficient (Wildman–Crippen LogP) is 3.21. The zero-order chi connectivity index (χ0) is 21.6. The molecule has 0 bridgehead atoms. The number of rotatable bonds is 5. The summed E-state index contributed by atoms with van der Waals surface area (Å²) in [4.78, 5) is 31.4. The Hall–Kier alpha value is -3.06. The van der Waals surface area contributed by atoms with E-state index in [1.807, 2.05) is 47.4 Å². The first kappa shape index (κ1) is 21.2. The molecule has 0 saturated carbocycles. The largest absolute Gasteiger partial charge is 0.497 e. The molecular weight excluding hydrogens is 392 g/mol. The predicted molar refractivity (Wildman–Crippen MR) is 120 cm³/mol. The van der Waals surface area contributed by atoms with Crippen molar-refractivity contribution < 1.29 is 14.3 Å². The third kappa shape index (κ3) is 5.17. The summed E-state index contributed by atoms with van der Waals surface area (Å²) in [6.07, 6.45) is 2.14. The minimum atomic E-state index is -0.115. The lowest BCUT2D eigenvalue weighted by molar-refractivity contribution is -0.134. The van der Waals surface area contributed by atoms with Crippen molar-refractivity contribution >= 4 is 17.6 Å². The third-order valence-corrected chi connectivity index (χ3v) is 6.13. The summed E-state index contributed by atoms with van der Waals surface area (Å²) in [5.41, 5.74) is 1.98. The Morgan fingerprint density at radius 2 is 1.71 bits per heavy atom. The summed E-state index contributed by atoms with van der Waals surface area (Å²) >= 11 is 0. The second-order valence-electron chi connectivity index (χ2n) is 8.07. The number of carbonyl (C=O) groups excluding carboxylic acids is 2. The summed E-state index contributed by atoms with van der Waals surface area (Å²) < 4.78 is 5.36. The van der Waals surface area contributed by atoms with Gasteiger partial charge in [0.2, 0.25) is 5.91 Å². The van der Waals surface area contributed by atoms with Crippen molar-refractivity contribution in [2.75, 3.05) is 51.7 Å². The van der Waals surface area contributed by atoms with E-state index in [1.165, 1.54) is 5.56 Å². The number of hydrogen-bond acceptors (Lipinski definition) is 4. The van der Waals surface area contributed by atoms with Gasteiger partial charge in [-0.15, -0.1) is 0 Å². The Balaban J connectivity index is 1.29. The number of para-hydroxylation sites is 1. The van der Waals surface area contributed by atoms with Crippen molar-refractivity contribution in [3.8, 4) is 5.75 Å². The maximum Gasteiger partial charge on any atom is 0.321 e. The highest BCUT2D eigenvalue weighted by molar-refractivity contribution is 5.89. The first-order chi connectivity index (χ1) is 15.1. The standard InChI is InChI=1S/C24H30N4O3/c1-31-21-10-5-7-19(17-21)22-11-6-12-28(22)18-23(29)26-13-15-27(16-14-26)24(30)25-20-8-3-2-4-9-20/h2-5,7-10,17,22H,6,11-16,18H2,1H3,(H,25,30). The van der Waals surface area contributed by atoms with Crippen LogP contribution in [-0.2, 0) is 4.79 Å². The van der Waals surface area contributed by atoms with Crippen LogP contribution in [0.4, 0.5) is 10.5 Å². The maximum atomic E-state index is 13.0. The number of hydrogen-bond donors (Lipinski definition) is 1. The third-order valence-electron chi connectivity index (χ3n) is 6.13. The lowest BCUT2D eigenvalue weighted by atomic mass is 10.0. The number of ether oxygens (including phenoxy) is 1. The number of nitrogens with zero attached hydrogens (tertiary/aromatic N) is 3. The number of amides is 3. The van der Waals surface area contributed by atoms with Crippen LogP contribution in [-0.4, -0.2) is 73.0 Å². The van der Waals surface area contributed by atoms with E-state index in [0.717, 1.165) is 30.8 Å². The molecule has 164 valence electrons. The molecule has 0 radical (unpaired) electrons. The number of likely N-dealkylation sites (tertiary alicyclic amines) is 1. The van der Waals surface area contributed by atoms with Gasteiger partial charge in [0, 0.05) is 37.9 Å². The number of benzene rings is 2. The van der Waals surface area contributed by atoms with Crippen molar-refractivity contribution in [3.05, 3.63) is 60.2 Å². The highest BCUT2D eigenvalue weighted by Crippen LogP contribution is 2.33. The minimum Gasteiger partial charge on any atom is -0.497 e. The molecule has 2 aliphatic heterocycles. The summed E-state index contributed by atoms with van der Waals surface area (Å²) in [6, 6.07) is 17.7. The van der Waals surface area contributed by atoms with Crippen LogP contribution in [0.2, 0.25) is 0 Å². The molecule has 2 aromatic rings. The summed E-state index contributed by atoms with van der Waals surface area (Å²) in [6.45, 7) is 3.57. The fourth-order valence-electron chi connectivity index (χ4n) is 4.40. The number of urea groups is 1. The fourth-order valence-corrected chi connectivity index (χ4v) is 4.40. The molecule has 2 saturated heterocycles. The molecule has 2 fully saturated rings. The van der Waals surface area contributed by atoms with Gasteiger partial charge in [-0.2, -0.15) is 0 Å². The molecule has 2 heterocycles. The van der Waals surface area contributed by atoms with Crippen molar-refractivity contribution in [1.82, 2.24) is 14.7 Å². The Kier molecular flexibility index (Phi) is 6.72. The topological polar surface area (TPSA) is 65.1 Å². The first-order valence-electron chi connectivity index (χ1n) is 10.9. The molecule has 7 nitrogen and oxygen atoms in total. The van der Waals surface area contributed by atoms with Crippen LogP contribution >= 0.6 is 0 Å². The monoisotopic (exact) mass is 422 g/mol. The minimum absolute atomic E-state index is 0.115. The van der Waals surface area contributed by atoms with Crippen LogP contribution in [0.25, 0.3) is 0 Å². The van der Waals surface area contributed by atoms with Gasteiger partial charge >= 0.3 is 6.03 Å². The highest BCUT2D eigenvalue weighted by atomic mass is 16.5. The average molecular weight is 423 g/mol. The van der Waals surface area contributed by atoms with Gasteiger partial charge in [0.1, 0.15) is 5.75 Å². The van der Waals surface area contributed by atoms with Crippen molar-refractivity contribution in [1.29, 1.82) is 0 Å². The van der Waals surface area contributed by atoms with Crippen LogP contribution in [0.5, 0.6) is 5.75 Å². The molecule has 0 aromatic heterocycles. The summed E-state index contributed by atoms with van der Waals surface area (Å²) in [5, 5.41) is 2.91. The van der Waals surface area contributed by atoms with Gasteiger partial charge in [0.25, 0.3) is 0 Å². The van der Waals surface area contributed by atoms with Gasteiger partial charge in [0.05, 0.1) is 13.7 Å². The number of carbonyl (C=O) groups is 2. The van der Waals surface area contributed by atoms with E-state index in [2.05, 4.69) is 22.3 Å². The smallest absolute Gasteiger partial charge is 0.321 e. The normalized spacial score (nSPS) is 19.3. The molecule has 0 spiro atoms. The summed E-state index contributed by atoms with van der Waals surface area (Å²) in [5.74, 6) is 0.985. The second kappa shape index (κ2) is 9.83. The molecule has 0 aliphatic carbocycles. The number of methoxy groups -OCH3 is 1. The van der Waals surface area contributed by atoms with Gasteiger partial charge in [-0.1, -0.05) is 30.3 Å². The second-order valence-corrected chi connectivity index (χ2v) is 8.07. The van der Waals surface area contributed by atoms with Crippen LogP contribution in [0, 0.1) is 0 Å². The Bertz CT molecular complexity index is 897. The molecule has 3 amide bonds. The Morgan fingerprint density at radius 3 is 2.45 bits per heavy atom. The van der Waals surface area contributed by atoms with Crippen LogP contribution in [0.15, 0.2) is 54.6 Å². The van der Waals surface area contributed by atoms with E-state index >= 15 is 0 Å². The SMILES string of the molecule is COc1cccc(C2CCCN2CC(=O)N2CCN(C(=O)Nc3ccccc3)CC2)c1. The highest BCUT2D eigenvalue weighted by Gasteiger charge is 2.31. The molecule has 2 aromatic carbocycles. The van der Waals surface area contributed by atoms with E-state index in [9.17, 15) is 9.59 Å². The zero-order valence-electron chi connectivity index (χ0n) is 18.0. The molecule has 1 N–H and O–H groups in total. The molecule has 2 aliphatic rings. The lowest BCUT2D eigenvalue weighted by Crippen LogP contribution is -2.53. The van der Waals surface area contributed by atoms with Crippen molar-refractivity contribution in [3.63, 3.8) is 0 Å². The maximum absolute atomic E-state index is 13.0. The Morgan fingerprint density at radius 1 is 0.968 bits per heavy atom. The molecule has 31 heavy (non-hydrogen) atoms. The fraction of sp³-hybridized carbons (Fsp3) is 0.417. The molecule has 1 atom stereocenters. The number of nitrogens with one attached hydrogen (secondary N) is 1. The van der Waals surface area contributed by atoms with Gasteiger partial charge in [-0.05, 0) is 49.2 Å². The Labute approximate surface area is 183 Å². The zero-order valence-corrected chi connectivity index (χ0v) is 18.0. The first-order valence-corrected chi connectivity index (χ1v) is 10.9. The number of anilines is 1. The quantitative estimate of drug-likeness (QED) is 0.804. The molecule has 4 rings (SSSR count). The molecule has 1 unspecified atom stereocenters. The van der Waals surface area contributed by atoms with Gasteiger partial charge in [-0.25, -0.2) is 4.79 Å². The van der Waals surface area contributed by atoms with E-state index in [-0.39, 0.29) is 18.0 Å². The van der Waals surface area contributed by atoms with Crippen molar-refractivity contribution in [2.45, 2.75) is 18.9 Å². The van der Waals surface area contributed by atoms with E-state index in [1.54, 1.807) is 12.0 Å². The molecular formula is C24H30N4O3. The van der Waals surface area contributed by atoms with E-state index in [4.69, 9.17) is 4.74 Å². The molecule has 7 heteroatoms. The van der Waals surface area contributed by atoms with Gasteiger partial charge in [-0.3, -0.25) is 9.69 Å². The van der Waals surface area contributed by atoms with Crippen LogP contribution in [0.3, 0.4) is 0 Å². The summed E-state index contributed by atoms with van der Waals surface area (Å²) in [7, 11) is 1.68. The van der Waals surface area contributed by atoms with Crippen molar-refractivity contribution in [2.24, 2.45) is 0 Å². The number of piperazine rings is 1. The van der Waals surface area contributed by atoms with E-state index in [0.29, 0.717) is 32.7 Å².